The zero-order chi connectivity index (χ0) is 24.6. The molecule has 0 atom stereocenters. The van der Waals surface area contributed by atoms with E-state index >= 15 is 0 Å². The van der Waals surface area contributed by atoms with E-state index in [1.54, 1.807) is 36.4 Å². The van der Waals surface area contributed by atoms with Crippen LogP contribution in [-0.4, -0.2) is 73.5 Å². The van der Waals surface area contributed by atoms with Crippen molar-refractivity contribution in [2.75, 3.05) is 55.7 Å². The number of likely N-dealkylation sites (N-methyl/N-ethyl adjacent to an activating group) is 1. The molecule has 2 aliphatic heterocycles. The molecule has 0 aliphatic carbocycles. The fourth-order valence-electron chi connectivity index (χ4n) is 4.51. The number of carbonyl (C=O) groups excluding carboxylic acids is 1. The van der Waals surface area contributed by atoms with E-state index in [9.17, 15) is 13.2 Å². The minimum absolute atomic E-state index is 0.122. The molecule has 2 aliphatic rings. The molecule has 4 N–H and O–H groups in total. The number of benzene rings is 2. The molecular weight excluding hydrogens is 466 g/mol. The van der Waals surface area contributed by atoms with E-state index in [0.29, 0.717) is 35.6 Å². The van der Waals surface area contributed by atoms with Gasteiger partial charge in [0.1, 0.15) is 0 Å². The Morgan fingerprint density at radius 3 is 2.51 bits per heavy atom. The van der Waals surface area contributed by atoms with Crippen LogP contribution in [0.25, 0.3) is 0 Å². The lowest BCUT2D eigenvalue weighted by Crippen LogP contribution is -2.44. The van der Waals surface area contributed by atoms with Gasteiger partial charge in [0.15, 0.2) is 5.82 Å². The Morgan fingerprint density at radius 1 is 1.06 bits per heavy atom. The van der Waals surface area contributed by atoms with Crippen LogP contribution in [0.4, 0.5) is 17.2 Å². The smallest absolute Gasteiger partial charge is 0.258 e. The molecule has 1 aromatic heterocycles. The molecule has 2 aromatic carbocycles. The summed E-state index contributed by atoms with van der Waals surface area (Å²) < 4.78 is 27.6. The fraction of sp³-hybridized carbons (Fsp3) is 0.333. The summed E-state index contributed by atoms with van der Waals surface area (Å²) >= 11 is 0. The van der Waals surface area contributed by atoms with Crippen LogP contribution in [0.2, 0.25) is 0 Å². The molecule has 35 heavy (non-hydrogen) atoms. The maximum Gasteiger partial charge on any atom is 0.258 e. The van der Waals surface area contributed by atoms with Gasteiger partial charge in [-0.25, -0.2) is 8.42 Å². The molecule has 10 nitrogen and oxygen atoms in total. The average Bonchev–Trinajstić information content (AvgIpc) is 3.26. The Balaban J connectivity index is 1.32. The Bertz CT molecular complexity index is 1330. The Morgan fingerprint density at radius 2 is 1.80 bits per heavy atom. The number of aromatic nitrogens is 2. The zero-order valence-corrected chi connectivity index (χ0v) is 20.4. The molecule has 1 fully saturated rings. The number of H-pyrrole nitrogens is 1. The molecule has 0 bridgehead atoms. The van der Waals surface area contributed by atoms with Gasteiger partial charge >= 0.3 is 0 Å². The minimum Gasteiger partial charge on any atom is -0.398 e. The molecule has 0 radical (unpaired) electrons. The van der Waals surface area contributed by atoms with Crippen molar-refractivity contribution < 1.29 is 13.2 Å². The quantitative estimate of drug-likeness (QED) is 0.460. The molecule has 5 rings (SSSR count). The molecular formula is C24H29N7O3S. The van der Waals surface area contributed by atoms with E-state index in [2.05, 4.69) is 32.4 Å². The Kier molecular flexibility index (Phi) is 6.22. The third-order valence-corrected chi connectivity index (χ3v) is 8.52. The highest BCUT2D eigenvalue weighted by molar-refractivity contribution is 7.89. The maximum absolute atomic E-state index is 13.1. The molecule has 1 saturated heterocycles. The van der Waals surface area contributed by atoms with Crippen LogP contribution in [0, 0.1) is 0 Å². The summed E-state index contributed by atoms with van der Waals surface area (Å²) in [6.07, 6.45) is 0.478. The first kappa shape index (κ1) is 23.3. The average molecular weight is 496 g/mol. The second-order valence-electron chi connectivity index (χ2n) is 8.95. The van der Waals surface area contributed by atoms with Crippen molar-refractivity contribution in [1.29, 1.82) is 0 Å². The van der Waals surface area contributed by atoms with Crippen molar-refractivity contribution in [3.63, 3.8) is 0 Å². The predicted molar refractivity (Wildman–Crippen MR) is 135 cm³/mol. The minimum atomic E-state index is -3.65. The largest absolute Gasteiger partial charge is 0.398 e. The zero-order valence-electron chi connectivity index (χ0n) is 19.6. The van der Waals surface area contributed by atoms with E-state index in [0.717, 1.165) is 37.6 Å². The summed E-state index contributed by atoms with van der Waals surface area (Å²) in [5.41, 5.74) is 9.46. The summed E-state index contributed by atoms with van der Waals surface area (Å²) in [5, 5.41) is 10.0. The molecule has 0 spiro atoms. The number of amides is 1. The van der Waals surface area contributed by atoms with Gasteiger partial charge in [0, 0.05) is 68.3 Å². The van der Waals surface area contributed by atoms with Gasteiger partial charge in [-0.3, -0.25) is 9.89 Å². The second-order valence-corrected chi connectivity index (χ2v) is 10.9. The standard InChI is InChI=1S/C24H29N7O3S/c1-29-11-13-30(14-12-29)17-7-8-19(21(25)15-17)24(32)26-23-20-16-31(10-9-22(20)27-28-23)35(33,34)18-5-3-2-4-6-18/h2-8,15H,9-14,16,25H2,1H3,(H2,26,27,28,32). The molecule has 1 amide bonds. The van der Waals surface area contributed by atoms with E-state index in [1.807, 2.05) is 12.1 Å². The van der Waals surface area contributed by atoms with Crippen molar-refractivity contribution in [3.8, 4) is 0 Å². The Labute approximate surface area is 204 Å². The molecule has 0 saturated carbocycles. The lowest BCUT2D eigenvalue weighted by atomic mass is 10.1. The number of nitrogen functional groups attached to an aromatic ring is 1. The number of sulfonamides is 1. The highest BCUT2D eigenvalue weighted by atomic mass is 32.2. The van der Waals surface area contributed by atoms with E-state index < -0.39 is 10.0 Å². The number of aromatic amines is 1. The lowest BCUT2D eigenvalue weighted by Gasteiger charge is -2.34. The number of anilines is 3. The maximum atomic E-state index is 13.1. The number of hydrogen-bond donors (Lipinski definition) is 3. The van der Waals surface area contributed by atoms with Crippen LogP contribution in [0.3, 0.4) is 0 Å². The summed E-state index contributed by atoms with van der Waals surface area (Å²) in [4.78, 5) is 17.8. The Hall–Kier alpha value is -3.41. The summed E-state index contributed by atoms with van der Waals surface area (Å²) in [7, 11) is -1.55. The van der Waals surface area contributed by atoms with Crippen LogP contribution in [0.1, 0.15) is 21.6 Å². The van der Waals surface area contributed by atoms with Gasteiger partial charge in [0.2, 0.25) is 10.0 Å². The van der Waals surface area contributed by atoms with E-state index in [1.165, 1.54) is 4.31 Å². The number of rotatable bonds is 5. The van der Waals surface area contributed by atoms with Gasteiger partial charge in [-0.15, -0.1) is 0 Å². The van der Waals surface area contributed by atoms with Crippen molar-refractivity contribution >= 4 is 33.1 Å². The lowest BCUT2D eigenvalue weighted by molar-refractivity contribution is 0.102. The van der Waals surface area contributed by atoms with Gasteiger partial charge < -0.3 is 20.9 Å². The molecule has 3 aromatic rings. The van der Waals surface area contributed by atoms with Crippen LogP contribution in [0.5, 0.6) is 0 Å². The van der Waals surface area contributed by atoms with Gasteiger partial charge in [0.25, 0.3) is 5.91 Å². The number of hydrogen-bond acceptors (Lipinski definition) is 7. The first-order chi connectivity index (χ1) is 16.8. The number of fused-ring (bicyclic) bond motifs is 1. The molecule has 11 heteroatoms. The third kappa shape index (κ3) is 4.62. The number of nitrogens with one attached hydrogen (secondary N) is 2. The SMILES string of the molecule is CN1CCN(c2ccc(C(=O)Nc3n[nH]c4c3CN(S(=O)(=O)c3ccccc3)CC4)c(N)c2)CC1. The number of piperazine rings is 1. The normalized spacial score (nSPS) is 17.2. The summed E-state index contributed by atoms with van der Waals surface area (Å²) in [5.74, 6) is -0.0646. The van der Waals surface area contributed by atoms with Gasteiger partial charge in [-0.05, 0) is 37.4 Å². The topological polar surface area (TPSA) is 128 Å². The van der Waals surface area contributed by atoms with Crippen LogP contribution >= 0.6 is 0 Å². The summed E-state index contributed by atoms with van der Waals surface area (Å²) in [6.45, 7) is 4.22. The van der Waals surface area contributed by atoms with Crippen molar-refractivity contribution in [1.82, 2.24) is 19.4 Å². The van der Waals surface area contributed by atoms with Gasteiger partial charge in [-0.1, -0.05) is 18.2 Å². The highest BCUT2D eigenvalue weighted by Gasteiger charge is 2.31. The fourth-order valence-corrected chi connectivity index (χ4v) is 5.94. The number of nitrogens with zero attached hydrogens (tertiary/aromatic N) is 4. The first-order valence-electron chi connectivity index (χ1n) is 11.6. The third-order valence-electron chi connectivity index (χ3n) is 6.66. The van der Waals surface area contributed by atoms with E-state index in [-0.39, 0.29) is 17.3 Å². The van der Waals surface area contributed by atoms with E-state index in [4.69, 9.17) is 5.73 Å². The number of nitrogens with two attached hydrogens (primary N) is 1. The van der Waals surface area contributed by atoms with Gasteiger partial charge in [0.05, 0.1) is 10.5 Å². The first-order valence-corrected chi connectivity index (χ1v) is 13.0. The molecule has 184 valence electrons. The van der Waals surface area contributed by atoms with Crippen LogP contribution in [0.15, 0.2) is 53.4 Å². The predicted octanol–water partition coefficient (Wildman–Crippen LogP) is 1.74. The van der Waals surface area contributed by atoms with Crippen molar-refractivity contribution in [2.45, 2.75) is 17.9 Å². The molecule has 0 unspecified atom stereocenters. The summed E-state index contributed by atoms with van der Waals surface area (Å²) in [6, 6.07) is 13.8. The monoisotopic (exact) mass is 495 g/mol. The number of carbonyl (C=O) groups is 1. The van der Waals surface area contributed by atoms with Crippen molar-refractivity contribution in [2.24, 2.45) is 0 Å². The van der Waals surface area contributed by atoms with Crippen molar-refractivity contribution in [3.05, 3.63) is 65.4 Å². The second kappa shape index (κ2) is 9.33. The van der Waals surface area contributed by atoms with Crippen LogP contribution < -0.4 is 16.0 Å². The molecule has 3 heterocycles. The highest BCUT2D eigenvalue weighted by Crippen LogP contribution is 2.29. The van der Waals surface area contributed by atoms with Crippen LogP contribution in [-0.2, 0) is 23.0 Å². The van der Waals surface area contributed by atoms with Gasteiger partial charge in [-0.2, -0.15) is 9.40 Å².